The van der Waals surface area contributed by atoms with Gasteiger partial charge in [-0.2, -0.15) is 5.10 Å². The van der Waals surface area contributed by atoms with Gasteiger partial charge in [0.15, 0.2) is 11.6 Å². The zero-order valence-electron chi connectivity index (χ0n) is 16.9. The van der Waals surface area contributed by atoms with Gasteiger partial charge in [0.25, 0.3) is 0 Å². The fraction of sp³-hybridized carbons (Fsp3) is 0.200. The molecule has 1 aromatic carbocycles. The lowest BCUT2D eigenvalue weighted by Crippen LogP contribution is -2.09. The number of nitrogens with one attached hydrogen (secondary N) is 1. The molecule has 1 N–H and O–H groups in total. The van der Waals surface area contributed by atoms with Crippen LogP contribution in [0.25, 0.3) is 22.5 Å². The molecule has 0 aliphatic heterocycles. The van der Waals surface area contributed by atoms with Gasteiger partial charge in [0.1, 0.15) is 0 Å². The minimum absolute atomic E-state index is 0.174. The van der Waals surface area contributed by atoms with E-state index in [1.54, 1.807) is 65.4 Å². The molecule has 0 unspecified atom stereocenters. The van der Waals surface area contributed by atoms with Crippen molar-refractivity contribution in [1.82, 2.24) is 24.3 Å². The molecule has 0 bridgehead atoms. The van der Waals surface area contributed by atoms with Crippen molar-refractivity contribution in [3.8, 4) is 11.6 Å². The lowest BCUT2D eigenvalue weighted by Gasteiger charge is -2.07. The van der Waals surface area contributed by atoms with Crippen molar-refractivity contribution in [3.05, 3.63) is 60.8 Å². The Morgan fingerprint density at radius 3 is 2.74 bits per heavy atom. The van der Waals surface area contributed by atoms with E-state index in [1.807, 2.05) is 6.07 Å². The number of aromatic nitrogens is 5. The molecule has 3 heterocycles. The lowest BCUT2D eigenvalue weighted by atomic mass is 10.2. The highest BCUT2D eigenvalue weighted by molar-refractivity contribution is 7.92. The van der Waals surface area contributed by atoms with Crippen molar-refractivity contribution in [2.45, 2.75) is 13.3 Å². The first-order valence-electron chi connectivity index (χ1n) is 9.43. The summed E-state index contributed by atoms with van der Waals surface area (Å²) in [5.74, 6) is 0.716. The third-order valence-corrected chi connectivity index (χ3v) is 4.98. The first-order valence-corrected chi connectivity index (χ1v) is 11.3. The van der Waals surface area contributed by atoms with E-state index in [0.717, 1.165) is 17.2 Å². The van der Waals surface area contributed by atoms with E-state index in [0.29, 0.717) is 29.4 Å². The Bertz CT molecular complexity index is 1360. The third-order valence-electron chi connectivity index (χ3n) is 4.37. The number of rotatable bonds is 7. The lowest BCUT2D eigenvalue weighted by molar-refractivity contribution is -0.142. The summed E-state index contributed by atoms with van der Waals surface area (Å²) in [6, 6.07) is 6.95. The maximum atomic E-state index is 11.7. The topological polar surface area (TPSA) is 121 Å². The highest BCUT2D eigenvalue weighted by Gasteiger charge is 2.12. The normalized spacial score (nSPS) is 11.5. The van der Waals surface area contributed by atoms with Crippen molar-refractivity contribution in [3.63, 3.8) is 0 Å². The third kappa shape index (κ3) is 4.72. The molecule has 0 amide bonds. The Labute approximate surface area is 178 Å². The average Bonchev–Trinajstić information content (AvgIpc) is 3.34. The maximum Gasteiger partial charge on any atom is 0.310 e. The molecule has 0 radical (unpaired) electrons. The number of ether oxygens (including phenoxy) is 1. The molecule has 11 heteroatoms. The van der Waals surface area contributed by atoms with Gasteiger partial charge in [0, 0.05) is 17.8 Å². The van der Waals surface area contributed by atoms with Crippen LogP contribution in [0.5, 0.6) is 0 Å². The van der Waals surface area contributed by atoms with Crippen molar-refractivity contribution < 1.29 is 17.9 Å². The summed E-state index contributed by atoms with van der Waals surface area (Å²) in [7, 11) is -3.40. The quantitative estimate of drug-likeness (QED) is 0.437. The molecule has 4 rings (SSSR count). The summed E-state index contributed by atoms with van der Waals surface area (Å²) < 4.78 is 33.9. The summed E-state index contributed by atoms with van der Waals surface area (Å²) in [6.45, 7) is 2.11. The molecular weight excluding hydrogens is 420 g/mol. The minimum Gasteiger partial charge on any atom is -0.466 e. The van der Waals surface area contributed by atoms with Crippen LogP contribution < -0.4 is 4.72 Å². The summed E-state index contributed by atoms with van der Waals surface area (Å²) in [6.07, 6.45) is 9.68. The van der Waals surface area contributed by atoms with E-state index in [2.05, 4.69) is 19.8 Å². The van der Waals surface area contributed by atoms with Crippen LogP contribution in [0.2, 0.25) is 0 Å². The Kier molecular flexibility index (Phi) is 5.42. The van der Waals surface area contributed by atoms with Crippen LogP contribution in [0, 0.1) is 0 Å². The van der Waals surface area contributed by atoms with Crippen LogP contribution in [0.1, 0.15) is 12.5 Å². The molecule has 160 valence electrons. The van der Waals surface area contributed by atoms with Crippen molar-refractivity contribution in [1.29, 1.82) is 0 Å². The number of esters is 1. The number of sulfonamides is 1. The highest BCUT2D eigenvalue weighted by atomic mass is 32.2. The number of carbonyl (C=O) groups is 1. The van der Waals surface area contributed by atoms with Gasteiger partial charge in [-0.15, -0.1) is 0 Å². The van der Waals surface area contributed by atoms with Crippen molar-refractivity contribution in [2.24, 2.45) is 0 Å². The Morgan fingerprint density at radius 1 is 1.16 bits per heavy atom. The molecule has 10 nitrogen and oxygen atoms in total. The molecule has 0 atom stereocenters. The fourth-order valence-corrected chi connectivity index (χ4v) is 3.67. The zero-order valence-corrected chi connectivity index (χ0v) is 17.7. The molecular formula is C20H20N6O4S. The second-order valence-electron chi connectivity index (χ2n) is 6.85. The van der Waals surface area contributed by atoms with Crippen LogP contribution in [0.4, 0.5) is 5.69 Å². The first-order chi connectivity index (χ1) is 14.8. The second kappa shape index (κ2) is 8.19. The molecule has 0 saturated heterocycles. The number of anilines is 1. The largest absolute Gasteiger partial charge is 0.466 e. The van der Waals surface area contributed by atoms with E-state index >= 15 is 0 Å². The van der Waals surface area contributed by atoms with Crippen LogP contribution in [0.3, 0.4) is 0 Å². The van der Waals surface area contributed by atoms with Crippen molar-refractivity contribution >= 4 is 32.6 Å². The standard InChI is InChI=1S/C20H20N6O4S/c1-3-30-20(27)8-14-6-7-25(13-14)18-11-21-12-19(23-18)26-17-9-16(24-31(2,28)29)5-4-15(17)10-22-26/h4-7,9-13,24H,3,8H2,1-2H3. The van der Waals surface area contributed by atoms with E-state index in [1.165, 1.54) is 0 Å². The predicted octanol–water partition coefficient (Wildman–Crippen LogP) is 2.08. The molecule has 3 aromatic heterocycles. The molecule has 0 aliphatic rings. The molecule has 0 aliphatic carbocycles. The van der Waals surface area contributed by atoms with Crippen LogP contribution in [0.15, 0.2) is 55.2 Å². The Hall–Kier alpha value is -3.73. The summed E-state index contributed by atoms with van der Waals surface area (Å²) in [5.41, 5.74) is 1.90. The van der Waals surface area contributed by atoms with E-state index in [4.69, 9.17) is 4.74 Å². The molecule has 0 spiro atoms. The van der Waals surface area contributed by atoms with Gasteiger partial charge in [-0.1, -0.05) is 0 Å². The molecule has 0 saturated carbocycles. The minimum atomic E-state index is -3.40. The van der Waals surface area contributed by atoms with Gasteiger partial charge in [-0.05, 0) is 36.8 Å². The van der Waals surface area contributed by atoms with Crippen LogP contribution >= 0.6 is 0 Å². The smallest absolute Gasteiger partial charge is 0.310 e. The number of hydrogen-bond acceptors (Lipinski definition) is 7. The maximum absolute atomic E-state index is 11.7. The van der Waals surface area contributed by atoms with E-state index in [-0.39, 0.29) is 12.4 Å². The summed E-state index contributed by atoms with van der Waals surface area (Å²) in [5, 5.41) is 5.19. The number of benzene rings is 1. The average molecular weight is 440 g/mol. The van der Waals surface area contributed by atoms with Gasteiger partial charge in [0.2, 0.25) is 10.0 Å². The SMILES string of the molecule is CCOC(=O)Cc1ccn(-c2cncc(-n3ncc4ccc(NS(C)(=O)=O)cc43)n2)c1. The van der Waals surface area contributed by atoms with Crippen LogP contribution in [-0.2, 0) is 26.0 Å². The Morgan fingerprint density at radius 2 is 1.97 bits per heavy atom. The number of carbonyl (C=O) groups excluding carboxylic acids is 1. The van der Waals surface area contributed by atoms with Gasteiger partial charge in [-0.3, -0.25) is 14.5 Å². The van der Waals surface area contributed by atoms with Gasteiger partial charge < -0.3 is 9.30 Å². The highest BCUT2D eigenvalue weighted by Crippen LogP contribution is 2.22. The molecule has 31 heavy (non-hydrogen) atoms. The van der Waals surface area contributed by atoms with Gasteiger partial charge in [0.05, 0.1) is 49.1 Å². The summed E-state index contributed by atoms with van der Waals surface area (Å²) in [4.78, 5) is 20.6. The van der Waals surface area contributed by atoms with E-state index in [9.17, 15) is 13.2 Å². The predicted molar refractivity (Wildman–Crippen MR) is 115 cm³/mol. The summed E-state index contributed by atoms with van der Waals surface area (Å²) >= 11 is 0. The Balaban J connectivity index is 1.66. The first kappa shape index (κ1) is 20.5. The molecule has 4 aromatic rings. The van der Waals surface area contributed by atoms with E-state index < -0.39 is 10.0 Å². The second-order valence-corrected chi connectivity index (χ2v) is 8.60. The zero-order chi connectivity index (χ0) is 22.0. The van der Waals surface area contributed by atoms with Crippen molar-refractivity contribution in [2.75, 3.05) is 17.6 Å². The van der Waals surface area contributed by atoms with Gasteiger partial charge in [-0.25, -0.2) is 18.1 Å². The van der Waals surface area contributed by atoms with Crippen LogP contribution in [-0.4, -0.2) is 51.6 Å². The fourth-order valence-electron chi connectivity index (χ4n) is 3.12. The number of nitrogens with zero attached hydrogens (tertiary/aromatic N) is 5. The monoisotopic (exact) mass is 440 g/mol. The van der Waals surface area contributed by atoms with Gasteiger partial charge >= 0.3 is 5.97 Å². The molecule has 0 fully saturated rings. The number of fused-ring (bicyclic) bond motifs is 1. The number of hydrogen-bond donors (Lipinski definition) is 1.